The van der Waals surface area contributed by atoms with E-state index in [0.29, 0.717) is 42.7 Å². The number of fused-ring (bicyclic) bond motifs is 1. The molecular weight excluding hydrogens is 373 g/mol. The van der Waals surface area contributed by atoms with Crippen LogP contribution in [0.5, 0.6) is 0 Å². The van der Waals surface area contributed by atoms with Crippen molar-refractivity contribution in [2.75, 3.05) is 24.7 Å². The quantitative estimate of drug-likeness (QED) is 0.803. The molecule has 1 saturated heterocycles. The van der Waals surface area contributed by atoms with Crippen LogP contribution in [0.25, 0.3) is 0 Å². The summed E-state index contributed by atoms with van der Waals surface area (Å²) in [4.78, 5) is 27.9. The van der Waals surface area contributed by atoms with Crippen molar-refractivity contribution in [3.63, 3.8) is 0 Å². The molecule has 2 aliphatic heterocycles. The number of aromatic nitrogens is 2. The summed E-state index contributed by atoms with van der Waals surface area (Å²) in [6.45, 7) is 5.52. The van der Waals surface area contributed by atoms with Gasteiger partial charge in [-0.2, -0.15) is 0 Å². The Hall–Kier alpha value is -2.87. The average Bonchev–Trinajstić information content (AvgIpc) is 3.13. The predicted octanol–water partition coefficient (Wildman–Crippen LogP) is 3.01. The van der Waals surface area contributed by atoms with Crippen molar-refractivity contribution >= 4 is 28.8 Å². The van der Waals surface area contributed by atoms with Gasteiger partial charge in [-0.05, 0) is 56.9 Å². The van der Waals surface area contributed by atoms with Crippen molar-refractivity contribution in [1.29, 1.82) is 0 Å². The largest absolute Gasteiger partial charge is 0.381 e. The molecule has 1 aromatic carbocycles. The third-order valence-electron chi connectivity index (χ3n) is 5.34. The van der Waals surface area contributed by atoms with Crippen LogP contribution in [0.2, 0.25) is 0 Å². The second-order valence-corrected chi connectivity index (χ2v) is 7.36. The lowest BCUT2D eigenvalue weighted by Crippen LogP contribution is -2.41. The topological polar surface area (TPSA) is 79.7 Å². The fourth-order valence-electron chi connectivity index (χ4n) is 3.72. The Bertz CT molecular complexity index is 956. The van der Waals surface area contributed by atoms with E-state index in [1.165, 1.54) is 12.4 Å². The zero-order valence-electron chi connectivity index (χ0n) is 16.6. The third-order valence-corrected chi connectivity index (χ3v) is 5.34. The van der Waals surface area contributed by atoms with Crippen molar-refractivity contribution in [2.24, 2.45) is 4.99 Å². The Morgan fingerprint density at radius 3 is 2.90 bits per heavy atom. The maximum atomic E-state index is 13.6. The number of aliphatic imine (C=N–C) groups is 1. The molecule has 0 unspecified atom stereocenters. The zero-order valence-corrected chi connectivity index (χ0v) is 16.6. The highest BCUT2D eigenvalue weighted by molar-refractivity contribution is 6.38. The van der Waals surface area contributed by atoms with Crippen molar-refractivity contribution in [2.45, 2.75) is 39.2 Å². The van der Waals surface area contributed by atoms with Crippen molar-refractivity contribution in [3.05, 3.63) is 41.6 Å². The number of halogens is 1. The highest BCUT2D eigenvalue weighted by Crippen LogP contribution is 2.39. The van der Waals surface area contributed by atoms with E-state index in [2.05, 4.69) is 20.3 Å². The number of amides is 1. The van der Waals surface area contributed by atoms with E-state index in [1.807, 2.05) is 11.8 Å². The molecule has 0 aliphatic carbocycles. The van der Waals surface area contributed by atoms with Gasteiger partial charge in [0.15, 0.2) is 5.82 Å². The van der Waals surface area contributed by atoms with Gasteiger partial charge in [-0.3, -0.25) is 4.79 Å². The van der Waals surface area contributed by atoms with E-state index in [1.54, 1.807) is 19.1 Å². The Kier molecular flexibility index (Phi) is 5.53. The molecule has 152 valence electrons. The molecule has 3 heterocycles. The molecule has 2 aliphatic rings. The summed E-state index contributed by atoms with van der Waals surface area (Å²) in [6.07, 6.45) is 3.82. The van der Waals surface area contributed by atoms with Crippen molar-refractivity contribution < 1.29 is 13.9 Å². The van der Waals surface area contributed by atoms with Crippen LogP contribution in [0, 0.1) is 12.7 Å². The van der Waals surface area contributed by atoms with Gasteiger partial charge in [0, 0.05) is 31.5 Å². The predicted molar refractivity (Wildman–Crippen MR) is 109 cm³/mol. The van der Waals surface area contributed by atoms with E-state index in [4.69, 9.17) is 4.74 Å². The first kappa shape index (κ1) is 19.4. The first-order valence-corrected chi connectivity index (χ1v) is 9.84. The summed E-state index contributed by atoms with van der Waals surface area (Å²) in [5.41, 5.74) is 3.44. The van der Waals surface area contributed by atoms with Crippen molar-refractivity contribution in [3.8, 4) is 0 Å². The summed E-state index contributed by atoms with van der Waals surface area (Å²) >= 11 is 0. The first-order valence-electron chi connectivity index (χ1n) is 9.84. The smallest absolute Gasteiger partial charge is 0.265 e. The second-order valence-electron chi connectivity index (χ2n) is 7.36. The van der Waals surface area contributed by atoms with Gasteiger partial charge < -0.3 is 15.0 Å². The molecule has 0 bridgehead atoms. The SMILES string of the molecule is CC(=Nc1c(C)ncnc1N1CCc2cc(F)ccc21)C(=O)NC1CCOCC1. The second kappa shape index (κ2) is 8.24. The maximum absolute atomic E-state index is 13.6. The van der Waals surface area contributed by atoms with Crippen LogP contribution in [-0.4, -0.2) is 47.4 Å². The highest BCUT2D eigenvalue weighted by Gasteiger charge is 2.25. The molecule has 7 nitrogen and oxygen atoms in total. The number of nitrogens with one attached hydrogen (secondary N) is 1. The number of rotatable bonds is 4. The Labute approximate surface area is 169 Å². The van der Waals surface area contributed by atoms with E-state index < -0.39 is 0 Å². The van der Waals surface area contributed by atoms with Crippen LogP contribution in [0.15, 0.2) is 29.5 Å². The van der Waals surface area contributed by atoms with Crippen LogP contribution < -0.4 is 10.2 Å². The summed E-state index contributed by atoms with van der Waals surface area (Å²) in [6, 6.07) is 4.86. The molecule has 1 fully saturated rings. The van der Waals surface area contributed by atoms with Gasteiger partial charge in [-0.1, -0.05) is 0 Å². The first-order chi connectivity index (χ1) is 14.0. The fraction of sp³-hybridized carbons (Fsp3) is 0.429. The minimum absolute atomic E-state index is 0.106. The molecule has 4 rings (SSSR count). The summed E-state index contributed by atoms with van der Waals surface area (Å²) in [5, 5.41) is 3.02. The van der Waals surface area contributed by atoms with E-state index >= 15 is 0 Å². The molecular formula is C21H24FN5O2. The van der Waals surface area contributed by atoms with Gasteiger partial charge in [-0.15, -0.1) is 0 Å². The third kappa shape index (κ3) is 4.12. The molecule has 8 heteroatoms. The number of hydrogen-bond acceptors (Lipinski definition) is 6. The maximum Gasteiger partial charge on any atom is 0.265 e. The number of nitrogens with zero attached hydrogens (tertiary/aromatic N) is 4. The van der Waals surface area contributed by atoms with Gasteiger partial charge >= 0.3 is 0 Å². The van der Waals surface area contributed by atoms with Gasteiger partial charge in [0.05, 0.1) is 5.69 Å². The Morgan fingerprint density at radius 2 is 2.10 bits per heavy atom. The lowest BCUT2D eigenvalue weighted by Gasteiger charge is -2.23. The summed E-state index contributed by atoms with van der Waals surface area (Å²) in [7, 11) is 0. The molecule has 1 amide bonds. The minimum atomic E-state index is -0.247. The molecule has 29 heavy (non-hydrogen) atoms. The van der Waals surface area contributed by atoms with Gasteiger partial charge in [0.25, 0.3) is 5.91 Å². The molecule has 0 saturated carbocycles. The molecule has 2 aromatic rings. The number of aryl methyl sites for hydroxylation is 1. The van der Waals surface area contributed by atoms with E-state index in [0.717, 1.165) is 30.5 Å². The van der Waals surface area contributed by atoms with Crippen LogP contribution in [-0.2, 0) is 16.0 Å². The normalized spacial score (nSPS) is 17.3. The van der Waals surface area contributed by atoms with Gasteiger partial charge in [0.2, 0.25) is 0 Å². The van der Waals surface area contributed by atoms with Gasteiger partial charge in [0.1, 0.15) is 23.5 Å². The number of carbonyl (C=O) groups is 1. The lowest BCUT2D eigenvalue weighted by molar-refractivity contribution is -0.116. The van der Waals surface area contributed by atoms with Crippen LogP contribution in [0.3, 0.4) is 0 Å². The zero-order chi connectivity index (χ0) is 20.4. The molecule has 0 radical (unpaired) electrons. The monoisotopic (exact) mass is 397 g/mol. The number of carbonyl (C=O) groups excluding carboxylic acids is 1. The van der Waals surface area contributed by atoms with E-state index in [-0.39, 0.29) is 17.8 Å². The van der Waals surface area contributed by atoms with Crippen LogP contribution in [0.4, 0.5) is 21.6 Å². The lowest BCUT2D eigenvalue weighted by atomic mass is 10.1. The molecule has 0 spiro atoms. The van der Waals surface area contributed by atoms with Crippen LogP contribution in [0.1, 0.15) is 31.0 Å². The highest BCUT2D eigenvalue weighted by atomic mass is 19.1. The van der Waals surface area contributed by atoms with Crippen molar-refractivity contribution in [1.82, 2.24) is 15.3 Å². The average molecular weight is 397 g/mol. The number of ether oxygens (including phenoxy) is 1. The fourth-order valence-corrected chi connectivity index (χ4v) is 3.72. The molecule has 0 atom stereocenters. The molecule has 1 aromatic heterocycles. The van der Waals surface area contributed by atoms with E-state index in [9.17, 15) is 9.18 Å². The summed E-state index contributed by atoms with van der Waals surface area (Å²) in [5.74, 6) is 0.180. The number of benzene rings is 1. The standard InChI is InChI=1S/C21H24FN5O2/c1-13-19(25-14(2)21(28)26-17-6-9-29-10-7-17)20(24-12-23-13)27-8-5-15-11-16(22)3-4-18(15)27/h3-4,11-12,17H,5-10H2,1-2H3,(H,26,28). The number of hydrogen-bond donors (Lipinski definition) is 1. The minimum Gasteiger partial charge on any atom is -0.381 e. The van der Waals surface area contributed by atoms with Crippen LogP contribution >= 0.6 is 0 Å². The Morgan fingerprint density at radius 1 is 1.31 bits per heavy atom. The number of anilines is 2. The van der Waals surface area contributed by atoms with Gasteiger partial charge in [-0.25, -0.2) is 19.4 Å². The summed E-state index contributed by atoms with van der Waals surface area (Å²) < 4.78 is 18.9. The molecule has 1 N–H and O–H groups in total. The Balaban J connectivity index is 1.62.